The van der Waals surface area contributed by atoms with Crippen LogP contribution < -0.4 is 11.1 Å². The number of aryl methyl sites for hydroxylation is 3. The maximum absolute atomic E-state index is 12.9. The van der Waals surface area contributed by atoms with Crippen LogP contribution in [0.3, 0.4) is 0 Å². The van der Waals surface area contributed by atoms with Gasteiger partial charge in [0, 0.05) is 20.2 Å². The second-order valence-corrected chi connectivity index (χ2v) is 8.95. The van der Waals surface area contributed by atoms with Crippen molar-refractivity contribution in [3.63, 3.8) is 0 Å². The molecule has 2 heterocycles. The molecule has 0 saturated carbocycles. The highest BCUT2D eigenvalue weighted by Crippen LogP contribution is 2.30. The molecule has 1 aromatic carbocycles. The summed E-state index contributed by atoms with van der Waals surface area (Å²) < 4.78 is 99.9. The van der Waals surface area contributed by atoms with E-state index < -0.39 is 56.0 Å². The Labute approximate surface area is 182 Å². The number of benzene rings is 1. The number of aromatic amines is 2. The number of H-pyrrole nitrogens is 2. The lowest BCUT2D eigenvalue weighted by Gasteiger charge is -2.07. The van der Waals surface area contributed by atoms with Gasteiger partial charge in [0.15, 0.2) is 9.84 Å². The molecule has 8 nitrogen and oxygen atoms in total. The van der Waals surface area contributed by atoms with Crippen LogP contribution in [0.1, 0.15) is 22.5 Å². The summed E-state index contributed by atoms with van der Waals surface area (Å²) in [6.07, 6.45) is -9.31. The SMILES string of the molecule is Cc1ccc(S(=O)(=O)Cc2c(C(F)(F)F)[nH]n(C)c2=O)cc1.Cn1[nH]c(C(F)(F)F)cc1=O. The zero-order valence-electron chi connectivity index (χ0n) is 17.3. The van der Waals surface area contributed by atoms with Crippen LogP contribution in [-0.2, 0) is 42.0 Å². The molecule has 0 aliphatic carbocycles. The molecule has 15 heteroatoms. The second kappa shape index (κ2) is 8.96. The number of nitrogens with zero attached hydrogens (tertiary/aromatic N) is 2. The summed E-state index contributed by atoms with van der Waals surface area (Å²) in [5.41, 5.74) is -4.07. The van der Waals surface area contributed by atoms with Gasteiger partial charge < -0.3 is 0 Å². The first-order valence-corrected chi connectivity index (χ1v) is 10.6. The van der Waals surface area contributed by atoms with Gasteiger partial charge in [-0.3, -0.25) is 29.2 Å². The molecular formula is C18H18F6N4O4S. The second-order valence-electron chi connectivity index (χ2n) is 6.96. The maximum Gasteiger partial charge on any atom is 0.433 e. The minimum atomic E-state index is -4.83. The van der Waals surface area contributed by atoms with Crippen molar-refractivity contribution >= 4 is 9.84 Å². The summed E-state index contributed by atoms with van der Waals surface area (Å²) >= 11 is 0. The van der Waals surface area contributed by atoms with Gasteiger partial charge in [-0.2, -0.15) is 26.3 Å². The number of sulfone groups is 1. The predicted octanol–water partition coefficient (Wildman–Crippen LogP) is 2.75. The Balaban J connectivity index is 0.000000294. The maximum atomic E-state index is 12.9. The Morgan fingerprint density at radius 1 is 0.879 bits per heavy atom. The molecule has 0 radical (unpaired) electrons. The number of hydrogen-bond acceptors (Lipinski definition) is 4. The van der Waals surface area contributed by atoms with Crippen LogP contribution in [0.2, 0.25) is 0 Å². The lowest BCUT2D eigenvalue weighted by molar-refractivity contribution is -0.142. The summed E-state index contributed by atoms with van der Waals surface area (Å²) in [7, 11) is -1.74. The average Bonchev–Trinajstić information content (AvgIpc) is 3.16. The third kappa shape index (κ3) is 6.18. The zero-order valence-corrected chi connectivity index (χ0v) is 18.1. The van der Waals surface area contributed by atoms with E-state index in [4.69, 9.17) is 0 Å². The van der Waals surface area contributed by atoms with Crippen molar-refractivity contribution in [2.24, 2.45) is 14.1 Å². The van der Waals surface area contributed by atoms with E-state index in [1.807, 2.05) is 10.2 Å². The van der Waals surface area contributed by atoms with Gasteiger partial charge in [-0.25, -0.2) is 8.42 Å². The first kappa shape index (κ1) is 26.0. The molecule has 0 saturated heterocycles. The predicted molar refractivity (Wildman–Crippen MR) is 104 cm³/mol. The largest absolute Gasteiger partial charge is 0.433 e. The summed E-state index contributed by atoms with van der Waals surface area (Å²) in [4.78, 5) is 22.2. The van der Waals surface area contributed by atoms with Gasteiger partial charge in [0.25, 0.3) is 11.1 Å². The Hall–Kier alpha value is -3.23. The van der Waals surface area contributed by atoms with Crippen LogP contribution in [0.25, 0.3) is 0 Å². The number of alkyl halides is 6. The van der Waals surface area contributed by atoms with Crippen molar-refractivity contribution in [3.05, 3.63) is 73.6 Å². The monoisotopic (exact) mass is 500 g/mol. The standard InChI is InChI=1S/C13H13F3N2O3S.C5H5F3N2O/c1-8-3-5-9(6-4-8)22(20,21)7-10-11(13(14,15)16)17-18(2)12(10)19;1-10-4(11)2-3(9-10)5(6,7)8/h3-6,17H,7H2,1-2H3;2,9H,1H3. The summed E-state index contributed by atoms with van der Waals surface area (Å²) in [6.45, 7) is 1.75. The minimum Gasteiger partial charge on any atom is -0.291 e. The van der Waals surface area contributed by atoms with Crippen LogP contribution in [0.4, 0.5) is 26.3 Å². The fourth-order valence-corrected chi connectivity index (χ4v) is 3.98. The van der Waals surface area contributed by atoms with Gasteiger partial charge in [0.2, 0.25) is 0 Å². The lowest BCUT2D eigenvalue weighted by Crippen LogP contribution is -2.19. The van der Waals surface area contributed by atoms with Crippen LogP contribution >= 0.6 is 0 Å². The molecule has 0 unspecified atom stereocenters. The molecule has 0 spiro atoms. The van der Waals surface area contributed by atoms with Crippen LogP contribution in [0.15, 0.2) is 44.8 Å². The average molecular weight is 500 g/mol. The van der Waals surface area contributed by atoms with E-state index in [1.165, 1.54) is 31.3 Å². The molecule has 2 aromatic heterocycles. The first-order valence-electron chi connectivity index (χ1n) is 8.91. The smallest absolute Gasteiger partial charge is 0.291 e. The van der Waals surface area contributed by atoms with E-state index in [1.54, 1.807) is 6.92 Å². The Morgan fingerprint density at radius 2 is 1.42 bits per heavy atom. The van der Waals surface area contributed by atoms with Crippen molar-refractivity contribution < 1.29 is 34.8 Å². The van der Waals surface area contributed by atoms with E-state index in [9.17, 15) is 44.3 Å². The van der Waals surface area contributed by atoms with Crippen LogP contribution in [0, 0.1) is 6.92 Å². The Bertz CT molecular complexity index is 1340. The molecule has 0 atom stereocenters. The highest BCUT2D eigenvalue weighted by Gasteiger charge is 2.39. The van der Waals surface area contributed by atoms with Crippen molar-refractivity contribution in [1.29, 1.82) is 0 Å². The van der Waals surface area contributed by atoms with Gasteiger partial charge in [-0.1, -0.05) is 17.7 Å². The third-order valence-electron chi connectivity index (χ3n) is 4.33. The highest BCUT2D eigenvalue weighted by atomic mass is 32.2. The molecule has 3 rings (SSSR count). The number of halogens is 6. The molecule has 3 aromatic rings. The quantitative estimate of drug-likeness (QED) is 0.539. The number of nitrogens with one attached hydrogen (secondary N) is 2. The van der Waals surface area contributed by atoms with Gasteiger partial charge >= 0.3 is 12.4 Å². The molecule has 0 fully saturated rings. The molecule has 182 valence electrons. The first-order chi connectivity index (χ1) is 14.9. The van der Waals surface area contributed by atoms with Gasteiger partial charge in [0.05, 0.1) is 16.2 Å². The summed E-state index contributed by atoms with van der Waals surface area (Å²) in [5.74, 6) is -1.01. The molecule has 2 N–H and O–H groups in total. The Kier molecular flexibility index (Phi) is 7.06. The van der Waals surface area contributed by atoms with Crippen LogP contribution in [0.5, 0.6) is 0 Å². The van der Waals surface area contributed by atoms with E-state index in [2.05, 4.69) is 0 Å². The molecule has 33 heavy (non-hydrogen) atoms. The van der Waals surface area contributed by atoms with Crippen LogP contribution in [-0.4, -0.2) is 28.0 Å². The molecule has 0 aliphatic rings. The number of rotatable bonds is 3. The summed E-state index contributed by atoms with van der Waals surface area (Å²) in [5, 5.41) is 3.71. The highest BCUT2D eigenvalue weighted by molar-refractivity contribution is 7.90. The molecular weight excluding hydrogens is 482 g/mol. The van der Waals surface area contributed by atoms with Crippen molar-refractivity contribution in [1.82, 2.24) is 19.6 Å². The molecule has 0 amide bonds. The third-order valence-corrected chi connectivity index (χ3v) is 5.99. The van der Waals surface area contributed by atoms with Crippen molar-refractivity contribution in [2.75, 3.05) is 0 Å². The lowest BCUT2D eigenvalue weighted by atomic mass is 10.2. The zero-order chi connectivity index (χ0) is 25.4. The van der Waals surface area contributed by atoms with Crippen molar-refractivity contribution in [3.8, 4) is 0 Å². The van der Waals surface area contributed by atoms with E-state index in [-0.39, 0.29) is 4.90 Å². The minimum absolute atomic E-state index is 0.130. The fourth-order valence-electron chi connectivity index (χ4n) is 2.62. The van der Waals surface area contributed by atoms with Crippen molar-refractivity contribution in [2.45, 2.75) is 29.9 Å². The normalized spacial score (nSPS) is 12.4. The molecule has 0 bridgehead atoms. The van der Waals surface area contributed by atoms with Gasteiger partial charge in [-0.05, 0) is 19.1 Å². The molecule has 0 aliphatic heterocycles. The topological polar surface area (TPSA) is 110 Å². The number of hydrogen-bond donors (Lipinski definition) is 2. The summed E-state index contributed by atoms with van der Waals surface area (Å²) in [6, 6.07) is 6.18. The fraction of sp³-hybridized carbons (Fsp3) is 0.333. The Morgan fingerprint density at radius 3 is 1.82 bits per heavy atom. The number of aromatic nitrogens is 4. The van der Waals surface area contributed by atoms with Gasteiger partial charge in [0.1, 0.15) is 11.4 Å². The van der Waals surface area contributed by atoms with E-state index in [0.717, 1.165) is 17.3 Å². The van der Waals surface area contributed by atoms with E-state index >= 15 is 0 Å². The van der Waals surface area contributed by atoms with E-state index in [0.29, 0.717) is 10.7 Å². The van der Waals surface area contributed by atoms with Gasteiger partial charge in [-0.15, -0.1) is 0 Å².